The number of fused-ring (bicyclic) bond motifs is 1. The Hall–Kier alpha value is -3.33. The molecule has 2 aromatic carbocycles. The molecule has 150 valence electrons. The fourth-order valence-electron chi connectivity index (χ4n) is 3.24. The molecule has 3 aromatic rings. The summed E-state index contributed by atoms with van der Waals surface area (Å²) in [7, 11) is 1.94. The molecule has 1 N–H and O–H groups in total. The second kappa shape index (κ2) is 7.96. The molecule has 6 heteroatoms. The summed E-state index contributed by atoms with van der Waals surface area (Å²) in [6, 6.07) is 16.0. The van der Waals surface area contributed by atoms with Gasteiger partial charge in [-0.05, 0) is 44.5 Å². The predicted molar refractivity (Wildman–Crippen MR) is 111 cm³/mol. The van der Waals surface area contributed by atoms with Crippen molar-refractivity contribution in [3.8, 4) is 17.3 Å². The van der Waals surface area contributed by atoms with Gasteiger partial charge in [-0.1, -0.05) is 30.3 Å². The van der Waals surface area contributed by atoms with Crippen LogP contribution in [0.2, 0.25) is 0 Å². The smallest absolute Gasteiger partial charge is 0.408 e. The van der Waals surface area contributed by atoms with Crippen LogP contribution in [0.25, 0.3) is 22.2 Å². The number of alkyl carbamates (subject to hydrolysis) is 1. The molecule has 0 radical (unpaired) electrons. The van der Waals surface area contributed by atoms with Crippen molar-refractivity contribution in [2.45, 2.75) is 38.8 Å². The summed E-state index contributed by atoms with van der Waals surface area (Å²) in [4.78, 5) is 11.9. The van der Waals surface area contributed by atoms with Crippen molar-refractivity contribution in [3.63, 3.8) is 0 Å². The van der Waals surface area contributed by atoms with Gasteiger partial charge in [-0.2, -0.15) is 5.26 Å². The first-order valence-electron chi connectivity index (χ1n) is 9.40. The number of aryl methyl sites for hydroxylation is 1. The number of aromatic nitrogens is 1. The van der Waals surface area contributed by atoms with Gasteiger partial charge in [0.05, 0.1) is 6.07 Å². The first kappa shape index (κ1) is 20.4. The van der Waals surface area contributed by atoms with Gasteiger partial charge in [-0.15, -0.1) is 0 Å². The van der Waals surface area contributed by atoms with Crippen LogP contribution in [-0.4, -0.2) is 22.3 Å². The van der Waals surface area contributed by atoms with Crippen molar-refractivity contribution in [2.24, 2.45) is 7.05 Å². The summed E-state index contributed by atoms with van der Waals surface area (Å²) in [5.74, 6) is -0.418. The van der Waals surface area contributed by atoms with E-state index in [9.17, 15) is 14.4 Å². The van der Waals surface area contributed by atoms with Crippen LogP contribution in [0.3, 0.4) is 0 Å². The van der Waals surface area contributed by atoms with Crippen LogP contribution in [-0.2, 0) is 18.2 Å². The van der Waals surface area contributed by atoms with E-state index in [0.717, 1.165) is 22.2 Å². The Morgan fingerprint density at radius 2 is 1.97 bits per heavy atom. The molecular formula is C23H24FN3O2. The van der Waals surface area contributed by atoms with Crippen LogP contribution in [0, 0.1) is 17.1 Å². The number of carbonyl (C=O) groups is 1. The maximum Gasteiger partial charge on any atom is 0.408 e. The van der Waals surface area contributed by atoms with Crippen molar-refractivity contribution in [2.75, 3.05) is 0 Å². The lowest BCUT2D eigenvalue weighted by molar-refractivity contribution is 0.0515. The fraction of sp³-hybridized carbons (Fsp3) is 0.304. The monoisotopic (exact) mass is 393 g/mol. The second-order valence-corrected chi connectivity index (χ2v) is 7.99. The number of para-hydroxylation sites is 1. The van der Waals surface area contributed by atoms with Crippen molar-refractivity contribution in [3.05, 3.63) is 59.9 Å². The fourth-order valence-corrected chi connectivity index (χ4v) is 3.24. The molecule has 0 aliphatic rings. The van der Waals surface area contributed by atoms with E-state index in [1.54, 1.807) is 26.8 Å². The van der Waals surface area contributed by atoms with Gasteiger partial charge in [0.2, 0.25) is 0 Å². The van der Waals surface area contributed by atoms with Crippen molar-refractivity contribution >= 4 is 17.0 Å². The maximum atomic E-state index is 14.8. The summed E-state index contributed by atoms with van der Waals surface area (Å²) in [6.07, 6.45) is -0.645. The Morgan fingerprint density at radius 1 is 1.24 bits per heavy atom. The minimum atomic E-state index is -0.886. The quantitative estimate of drug-likeness (QED) is 0.682. The average Bonchev–Trinajstić information content (AvgIpc) is 2.98. The summed E-state index contributed by atoms with van der Waals surface area (Å²) in [5.41, 5.74) is 2.41. The molecule has 5 nitrogen and oxygen atoms in total. The molecule has 0 aliphatic heterocycles. The zero-order valence-corrected chi connectivity index (χ0v) is 17.0. The van der Waals surface area contributed by atoms with Crippen LogP contribution in [0.5, 0.6) is 0 Å². The van der Waals surface area contributed by atoms with Crippen molar-refractivity contribution < 1.29 is 13.9 Å². The van der Waals surface area contributed by atoms with E-state index in [2.05, 4.69) is 5.32 Å². The van der Waals surface area contributed by atoms with Crippen molar-refractivity contribution in [1.82, 2.24) is 9.88 Å². The van der Waals surface area contributed by atoms with Crippen LogP contribution in [0.15, 0.2) is 48.5 Å². The Kier molecular flexibility index (Phi) is 5.60. The van der Waals surface area contributed by atoms with Crippen LogP contribution >= 0.6 is 0 Å². The molecule has 0 unspecified atom stereocenters. The number of nitrogens with one attached hydrogen (secondary N) is 1. The lowest BCUT2D eigenvalue weighted by Crippen LogP contribution is -2.39. The van der Waals surface area contributed by atoms with E-state index in [0.29, 0.717) is 5.56 Å². The van der Waals surface area contributed by atoms with Crippen molar-refractivity contribution in [1.29, 1.82) is 5.26 Å². The molecule has 0 spiro atoms. The highest BCUT2D eigenvalue weighted by atomic mass is 19.1. The highest BCUT2D eigenvalue weighted by Gasteiger charge is 2.20. The lowest BCUT2D eigenvalue weighted by Gasteiger charge is -2.21. The number of amides is 1. The predicted octanol–water partition coefficient (Wildman–Crippen LogP) is 4.94. The van der Waals surface area contributed by atoms with E-state index in [-0.39, 0.29) is 6.42 Å². The number of hydrogen-bond donors (Lipinski definition) is 1. The molecule has 3 rings (SSSR count). The zero-order valence-electron chi connectivity index (χ0n) is 17.0. The Bertz CT molecular complexity index is 1090. The van der Waals surface area contributed by atoms with E-state index in [4.69, 9.17) is 4.74 Å². The number of ether oxygens (including phenoxy) is 1. The van der Waals surface area contributed by atoms with Gasteiger partial charge < -0.3 is 14.6 Å². The van der Waals surface area contributed by atoms with Gasteiger partial charge in [0.1, 0.15) is 17.5 Å². The van der Waals surface area contributed by atoms with E-state index in [1.807, 2.05) is 54.1 Å². The third-order valence-corrected chi connectivity index (χ3v) is 4.57. The molecule has 0 bridgehead atoms. The van der Waals surface area contributed by atoms with Crippen LogP contribution < -0.4 is 5.32 Å². The summed E-state index contributed by atoms with van der Waals surface area (Å²) < 4.78 is 21.9. The third kappa shape index (κ3) is 4.75. The molecule has 0 saturated heterocycles. The maximum absolute atomic E-state index is 14.8. The average molecular weight is 393 g/mol. The number of carbonyl (C=O) groups excluding carboxylic acids is 1. The summed E-state index contributed by atoms with van der Waals surface area (Å²) in [6.45, 7) is 5.21. The van der Waals surface area contributed by atoms with Gasteiger partial charge in [0.15, 0.2) is 0 Å². The number of nitriles is 1. The minimum Gasteiger partial charge on any atom is -0.444 e. The standard InChI is InChI=1S/C23H24FN3O2/c1-23(2,3)29-22(28)26-18(14-25)11-15-9-10-17(12-19(15)24)21-13-16-7-5-6-8-20(16)27(21)4/h5-10,12-13,18H,11H2,1-4H3,(H,26,28)/t18-/m0/s1. The highest BCUT2D eigenvalue weighted by molar-refractivity contribution is 5.86. The normalized spacial score (nSPS) is 12.4. The molecule has 0 aliphatic carbocycles. The lowest BCUT2D eigenvalue weighted by atomic mass is 10.0. The third-order valence-electron chi connectivity index (χ3n) is 4.57. The first-order chi connectivity index (χ1) is 13.7. The topological polar surface area (TPSA) is 67.0 Å². The second-order valence-electron chi connectivity index (χ2n) is 7.99. The first-order valence-corrected chi connectivity index (χ1v) is 9.40. The molecule has 1 amide bonds. The van der Waals surface area contributed by atoms with Gasteiger partial charge >= 0.3 is 6.09 Å². The van der Waals surface area contributed by atoms with Gasteiger partial charge in [-0.25, -0.2) is 9.18 Å². The number of benzene rings is 2. The molecule has 1 atom stereocenters. The Morgan fingerprint density at radius 3 is 2.59 bits per heavy atom. The molecule has 0 fully saturated rings. The van der Waals surface area contributed by atoms with Crippen LogP contribution in [0.4, 0.5) is 9.18 Å². The van der Waals surface area contributed by atoms with Crippen LogP contribution in [0.1, 0.15) is 26.3 Å². The number of rotatable bonds is 4. The Balaban J connectivity index is 1.79. The molecule has 29 heavy (non-hydrogen) atoms. The van der Waals surface area contributed by atoms with E-state index >= 15 is 0 Å². The molecular weight excluding hydrogens is 369 g/mol. The number of hydrogen-bond acceptors (Lipinski definition) is 3. The SMILES string of the molecule is Cn1c(-c2ccc(C[C@@H](C#N)NC(=O)OC(C)(C)C)c(F)c2)cc2ccccc21. The van der Waals surface area contributed by atoms with Gasteiger partial charge in [0.25, 0.3) is 0 Å². The van der Waals surface area contributed by atoms with E-state index < -0.39 is 23.6 Å². The summed E-state index contributed by atoms with van der Waals surface area (Å²) in [5, 5.41) is 12.9. The highest BCUT2D eigenvalue weighted by Crippen LogP contribution is 2.28. The minimum absolute atomic E-state index is 0.0525. The van der Waals surface area contributed by atoms with Gasteiger partial charge in [0, 0.05) is 35.6 Å². The Labute approximate surface area is 169 Å². The van der Waals surface area contributed by atoms with E-state index in [1.165, 1.54) is 6.07 Å². The number of nitrogens with zero attached hydrogens (tertiary/aromatic N) is 2. The van der Waals surface area contributed by atoms with Gasteiger partial charge in [-0.3, -0.25) is 0 Å². The molecule has 0 saturated carbocycles. The number of halogens is 1. The molecule has 1 heterocycles. The largest absolute Gasteiger partial charge is 0.444 e. The summed E-state index contributed by atoms with van der Waals surface area (Å²) >= 11 is 0. The zero-order chi connectivity index (χ0) is 21.2. The molecule has 1 aromatic heterocycles.